The smallest absolute Gasteiger partial charge is 0.417 e. The fourth-order valence-electron chi connectivity index (χ4n) is 3.25. The van der Waals surface area contributed by atoms with Crippen LogP contribution < -0.4 is 9.64 Å². The third-order valence-electron chi connectivity index (χ3n) is 4.62. The minimum Gasteiger partial charge on any atom is -0.489 e. The molecule has 0 bridgehead atoms. The summed E-state index contributed by atoms with van der Waals surface area (Å²) in [6.07, 6.45) is -4.97. The average Bonchev–Trinajstić information content (AvgIpc) is 2.67. The van der Waals surface area contributed by atoms with E-state index in [-0.39, 0.29) is 37.1 Å². The van der Waals surface area contributed by atoms with Gasteiger partial charge in [0.25, 0.3) is 5.91 Å². The summed E-state index contributed by atoms with van der Waals surface area (Å²) in [4.78, 5) is 28.0. The van der Waals surface area contributed by atoms with E-state index >= 15 is 0 Å². The number of nitrogens with zero attached hydrogens (tertiary/aromatic N) is 2. The lowest BCUT2D eigenvalue weighted by Crippen LogP contribution is -2.52. The number of hydrogen-bond acceptors (Lipinski definition) is 3. The maximum atomic E-state index is 13.6. The zero-order valence-corrected chi connectivity index (χ0v) is 17.4. The first-order valence-corrected chi connectivity index (χ1v) is 9.78. The summed E-state index contributed by atoms with van der Waals surface area (Å²) in [5, 5.41) is -0.707. The van der Waals surface area contributed by atoms with Crippen molar-refractivity contribution in [1.29, 1.82) is 0 Å². The lowest BCUT2D eigenvalue weighted by Gasteiger charge is -2.35. The molecular formula is C21H19ClF4N2O3. The second-order valence-corrected chi connectivity index (χ2v) is 7.59. The number of alkyl halides is 3. The van der Waals surface area contributed by atoms with E-state index in [1.54, 1.807) is 13.8 Å². The maximum Gasteiger partial charge on any atom is 0.417 e. The molecule has 10 heteroatoms. The molecule has 1 heterocycles. The highest BCUT2D eigenvalue weighted by Crippen LogP contribution is 2.37. The summed E-state index contributed by atoms with van der Waals surface area (Å²) >= 11 is 5.84. The lowest BCUT2D eigenvalue weighted by molar-refractivity contribution is -0.137. The van der Waals surface area contributed by atoms with E-state index in [0.717, 1.165) is 17.0 Å². The van der Waals surface area contributed by atoms with Crippen LogP contribution >= 0.6 is 11.6 Å². The molecule has 1 aliphatic rings. The van der Waals surface area contributed by atoms with Crippen LogP contribution in [0.4, 0.5) is 23.2 Å². The van der Waals surface area contributed by atoms with E-state index in [1.165, 1.54) is 29.2 Å². The van der Waals surface area contributed by atoms with Crippen LogP contribution in [0.25, 0.3) is 0 Å². The van der Waals surface area contributed by atoms with Gasteiger partial charge in [0, 0.05) is 19.2 Å². The first kappa shape index (κ1) is 22.9. The quantitative estimate of drug-likeness (QED) is 0.620. The van der Waals surface area contributed by atoms with Gasteiger partial charge in [-0.3, -0.25) is 9.59 Å². The number of anilines is 1. The Morgan fingerprint density at radius 3 is 2.48 bits per heavy atom. The Kier molecular flexibility index (Phi) is 6.45. The van der Waals surface area contributed by atoms with Crippen LogP contribution in [0.15, 0.2) is 36.4 Å². The van der Waals surface area contributed by atoms with Crippen molar-refractivity contribution in [3.05, 3.63) is 58.4 Å². The zero-order valence-electron chi connectivity index (χ0n) is 16.7. The van der Waals surface area contributed by atoms with Gasteiger partial charge in [-0.05, 0) is 38.1 Å². The number of amides is 2. The van der Waals surface area contributed by atoms with Gasteiger partial charge >= 0.3 is 6.18 Å². The monoisotopic (exact) mass is 458 g/mol. The van der Waals surface area contributed by atoms with Gasteiger partial charge in [-0.1, -0.05) is 17.7 Å². The number of ether oxygens (including phenoxy) is 1. The summed E-state index contributed by atoms with van der Waals surface area (Å²) in [6.45, 7) is 3.25. The van der Waals surface area contributed by atoms with Crippen LogP contribution in [-0.2, 0) is 11.0 Å². The number of hydrogen-bond donors (Lipinski definition) is 0. The second-order valence-electron chi connectivity index (χ2n) is 7.22. The highest BCUT2D eigenvalue weighted by Gasteiger charge is 2.36. The van der Waals surface area contributed by atoms with Gasteiger partial charge in [-0.15, -0.1) is 0 Å². The average molecular weight is 459 g/mol. The maximum absolute atomic E-state index is 13.6. The summed E-state index contributed by atoms with van der Waals surface area (Å²) in [6, 6.07) is 6.83. The van der Waals surface area contributed by atoms with Crippen molar-refractivity contribution in [3.63, 3.8) is 0 Å². The predicted octanol–water partition coefficient (Wildman–Crippen LogP) is 4.77. The van der Waals surface area contributed by atoms with Crippen LogP contribution in [0.1, 0.15) is 29.8 Å². The van der Waals surface area contributed by atoms with Crippen LogP contribution in [-0.4, -0.2) is 42.5 Å². The predicted molar refractivity (Wildman–Crippen MR) is 107 cm³/mol. The normalized spacial score (nSPS) is 14.9. The molecule has 0 N–H and O–H groups in total. The highest BCUT2D eigenvalue weighted by molar-refractivity contribution is 6.34. The lowest BCUT2D eigenvalue weighted by atomic mass is 10.1. The van der Waals surface area contributed by atoms with E-state index in [0.29, 0.717) is 5.69 Å². The van der Waals surface area contributed by atoms with Gasteiger partial charge in [-0.25, -0.2) is 4.39 Å². The largest absolute Gasteiger partial charge is 0.489 e. The van der Waals surface area contributed by atoms with Gasteiger partial charge in [0.1, 0.15) is 18.1 Å². The van der Waals surface area contributed by atoms with Crippen molar-refractivity contribution in [2.45, 2.75) is 26.1 Å². The van der Waals surface area contributed by atoms with Crippen molar-refractivity contribution in [2.24, 2.45) is 0 Å². The Hall–Kier alpha value is -2.81. The summed E-state index contributed by atoms with van der Waals surface area (Å²) in [7, 11) is 0. The Balaban J connectivity index is 1.82. The molecule has 1 saturated heterocycles. The molecule has 0 aliphatic carbocycles. The fourth-order valence-corrected chi connectivity index (χ4v) is 3.56. The molecule has 1 aliphatic heterocycles. The van der Waals surface area contributed by atoms with Gasteiger partial charge in [-0.2, -0.15) is 13.2 Å². The molecule has 3 rings (SSSR count). The number of rotatable bonds is 4. The molecular weight excluding hydrogens is 440 g/mol. The van der Waals surface area contributed by atoms with Crippen LogP contribution in [0, 0.1) is 5.82 Å². The zero-order chi connectivity index (χ0) is 22.9. The number of benzene rings is 2. The fraction of sp³-hybridized carbons (Fsp3) is 0.333. The summed E-state index contributed by atoms with van der Waals surface area (Å²) in [5.74, 6) is -1.60. The molecule has 0 spiro atoms. The van der Waals surface area contributed by atoms with Gasteiger partial charge < -0.3 is 14.5 Å². The van der Waals surface area contributed by atoms with Crippen molar-refractivity contribution in [3.8, 4) is 5.75 Å². The van der Waals surface area contributed by atoms with Gasteiger partial charge in [0.2, 0.25) is 5.91 Å². The Labute approximate surface area is 181 Å². The molecule has 0 saturated carbocycles. The topological polar surface area (TPSA) is 49.9 Å². The van der Waals surface area contributed by atoms with Gasteiger partial charge in [0.05, 0.1) is 27.9 Å². The van der Waals surface area contributed by atoms with Crippen molar-refractivity contribution in [2.75, 3.05) is 24.5 Å². The molecule has 0 aromatic heterocycles. The number of carbonyl (C=O) groups is 2. The van der Waals surface area contributed by atoms with E-state index in [1.807, 2.05) is 0 Å². The van der Waals surface area contributed by atoms with Crippen molar-refractivity contribution < 1.29 is 31.9 Å². The molecule has 2 amide bonds. The molecule has 1 fully saturated rings. The van der Waals surface area contributed by atoms with Crippen LogP contribution in [0.5, 0.6) is 5.75 Å². The number of piperazine rings is 1. The van der Waals surface area contributed by atoms with E-state index in [9.17, 15) is 27.2 Å². The van der Waals surface area contributed by atoms with E-state index < -0.39 is 34.4 Å². The molecule has 2 aromatic carbocycles. The Bertz CT molecular complexity index is 1010. The number of carbonyl (C=O) groups excluding carboxylic acids is 2. The van der Waals surface area contributed by atoms with E-state index in [4.69, 9.17) is 16.3 Å². The second kappa shape index (κ2) is 8.74. The summed E-state index contributed by atoms with van der Waals surface area (Å²) in [5.41, 5.74) is -1.10. The first-order chi connectivity index (χ1) is 14.5. The van der Waals surface area contributed by atoms with Crippen LogP contribution in [0.3, 0.4) is 0 Å². The first-order valence-electron chi connectivity index (χ1n) is 9.40. The van der Waals surface area contributed by atoms with Crippen molar-refractivity contribution >= 4 is 29.1 Å². The SMILES string of the molecule is CC(C)Oc1cc(F)ccc1N1CCN(C(=O)c2cccc(C(F)(F)F)c2Cl)CC1=O. The van der Waals surface area contributed by atoms with E-state index in [2.05, 4.69) is 0 Å². The molecule has 166 valence electrons. The molecule has 31 heavy (non-hydrogen) atoms. The number of halogens is 5. The minimum atomic E-state index is -4.71. The molecule has 2 aromatic rings. The molecule has 0 radical (unpaired) electrons. The molecule has 0 atom stereocenters. The van der Waals surface area contributed by atoms with Crippen LogP contribution in [0.2, 0.25) is 5.02 Å². The minimum absolute atomic E-state index is 0.0512. The third-order valence-corrected chi connectivity index (χ3v) is 5.02. The van der Waals surface area contributed by atoms with Crippen molar-refractivity contribution in [1.82, 2.24) is 4.90 Å². The van der Waals surface area contributed by atoms with Gasteiger partial charge in [0.15, 0.2) is 0 Å². The molecule has 0 unspecified atom stereocenters. The summed E-state index contributed by atoms with van der Waals surface area (Å²) < 4.78 is 58.5. The highest BCUT2D eigenvalue weighted by atomic mass is 35.5. The Morgan fingerprint density at radius 2 is 1.87 bits per heavy atom. The Morgan fingerprint density at radius 1 is 1.16 bits per heavy atom. The standard InChI is InChI=1S/C21H19ClF4N2O3/c1-12(2)31-17-10-13(23)6-7-16(17)28-9-8-27(11-18(28)29)20(30)14-4-3-5-15(19(14)22)21(24,25)26/h3-7,10,12H,8-9,11H2,1-2H3. The molecule has 5 nitrogen and oxygen atoms in total. The third kappa shape index (κ3) is 4.92.